The Bertz CT molecular complexity index is 577. The summed E-state index contributed by atoms with van der Waals surface area (Å²) in [6, 6.07) is 0. The number of halogens is 1. The minimum absolute atomic E-state index is 0.318. The molecule has 0 aliphatic rings. The van der Waals surface area contributed by atoms with Crippen molar-refractivity contribution in [1.29, 1.82) is 0 Å². The summed E-state index contributed by atoms with van der Waals surface area (Å²) in [5, 5.41) is 11.1. The first-order valence-corrected chi connectivity index (χ1v) is 6.07. The minimum atomic E-state index is -0.318. The Hall–Kier alpha value is -1.86. The molecule has 0 fully saturated rings. The van der Waals surface area contributed by atoms with Gasteiger partial charge >= 0.3 is 0 Å². The number of ether oxygens (including phenoxy) is 1. The van der Waals surface area contributed by atoms with Crippen molar-refractivity contribution in [3.63, 3.8) is 0 Å². The molecule has 0 radical (unpaired) electrons. The Morgan fingerprint density at radius 3 is 2.95 bits per heavy atom. The van der Waals surface area contributed by atoms with Crippen LogP contribution in [0.25, 0.3) is 0 Å². The van der Waals surface area contributed by atoms with Gasteiger partial charge in [0.05, 0.1) is 29.3 Å². The standard InChI is InChI=1S/C11H14ClN5O2/c1-3-17-10(9(12)5-14-17)11(18)15-8-4-13-16(6-8)7-19-2/h4-6H,3,7H2,1-2H3,(H,15,18). The number of nitrogens with one attached hydrogen (secondary N) is 1. The van der Waals surface area contributed by atoms with Crippen molar-refractivity contribution >= 4 is 23.2 Å². The fraction of sp³-hybridized carbons (Fsp3) is 0.364. The highest BCUT2D eigenvalue weighted by Crippen LogP contribution is 2.17. The molecule has 8 heteroatoms. The molecule has 102 valence electrons. The highest BCUT2D eigenvalue weighted by atomic mass is 35.5. The van der Waals surface area contributed by atoms with E-state index in [1.807, 2.05) is 6.92 Å². The first-order chi connectivity index (χ1) is 9.15. The summed E-state index contributed by atoms with van der Waals surface area (Å²) in [6.45, 7) is 2.78. The zero-order valence-corrected chi connectivity index (χ0v) is 11.4. The molecule has 7 nitrogen and oxygen atoms in total. The van der Waals surface area contributed by atoms with Crippen LogP contribution >= 0.6 is 11.6 Å². The molecule has 0 spiro atoms. The number of carbonyl (C=O) groups excluding carboxylic acids is 1. The van der Waals surface area contributed by atoms with Gasteiger partial charge in [-0.15, -0.1) is 0 Å². The van der Waals surface area contributed by atoms with Crippen LogP contribution in [0.4, 0.5) is 5.69 Å². The second-order valence-corrected chi connectivity index (χ2v) is 4.20. The van der Waals surface area contributed by atoms with Crippen LogP contribution < -0.4 is 5.32 Å². The molecule has 0 unspecified atom stereocenters. The van der Waals surface area contributed by atoms with Gasteiger partial charge in [-0.3, -0.25) is 9.48 Å². The highest BCUT2D eigenvalue weighted by Gasteiger charge is 2.17. The van der Waals surface area contributed by atoms with Gasteiger partial charge in [-0.05, 0) is 6.92 Å². The lowest BCUT2D eigenvalue weighted by atomic mass is 10.4. The van der Waals surface area contributed by atoms with E-state index in [0.29, 0.717) is 29.7 Å². The lowest BCUT2D eigenvalue weighted by Gasteiger charge is -2.05. The smallest absolute Gasteiger partial charge is 0.275 e. The van der Waals surface area contributed by atoms with Gasteiger partial charge in [0.15, 0.2) is 0 Å². The Kier molecular flexibility index (Phi) is 4.18. The number of amides is 1. The van der Waals surface area contributed by atoms with Gasteiger partial charge in [-0.2, -0.15) is 10.2 Å². The van der Waals surface area contributed by atoms with Crippen LogP contribution in [-0.2, 0) is 18.0 Å². The highest BCUT2D eigenvalue weighted by molar-refractivity contribution is 6.34. The van der Waals surface area contributed by atoms with E-state index in [1.165, 1.54) is 17.1 Å². The third kappa shape index (κ3) is 2.94. The molecular formula is C11H14ClN5O2. The van der Waals surface area contributed by atoms with Gasteiger partial charge < -0.3 is 10.1 Å². The number of methoxy groups -OCH3 is 1. The Balaban J connectivity index is 2.13. The van der Waals surface area contributed by atoms with Crippen molar-refractivity contribution < 1.29 is 9.53 Å². The van der Waals surface area contributed by atoms with Gasteiger partial charge in [0.25, 0.3) is 5.91 Å². The van der Waals surface area contributed by atoms with Crippen molar-refractivity contribution in [2.24, 2.45) is 0 Å². The first kappa shape index (κ1) is 13.6. The number of rotatable bonds is 5. The number of anilines is 1. The quantitative estimate of drug-likeness (QED) is 0.905. The molecule has 0 aromatic carbocycles. The monoisotopic (exact) mass is 283 g/mol. The van der Waals surface area contributed by atoms with Crippen molar-refractivity contribution in [1.82, 2.24) is 19.6 Å². The molecular weight excluding hydrogens is 270 g/mol. The second kappa shape index (κ2) is 5.85. The molecule has 0 aliphatic heterocycles. The molecule has 0 saturated carbocycles. The van der Waals surface area contributed by atoms with Gasteiger partial charge in [-0.25, -0.2) is 4.68 Å². The molecule has 0 saturated heterocycles. The molecule has 0 atom stereocenters. The first-order valence-electron chi connectivity index (χ1n) is 5.69. The summed E-state index contributed by atoms with van der Waals surface area (Å²) in [5.41, 5.74) is 0.908. The van der Waals surface area contributed by atoms with E-state index in [4.69, 9.17) is 16.3 Å². The number of aromatic nitrogens is 4. The minimum Gasteiger partial charge on any atom is -0.362 e. The average Bonchev–Trinajstić information content (AvgIpc) is 2.96. The number of aryl methyl sites for hydroxylation is 1. The molecule has 2 aromatic rings. The van der Waals surface area contributed by atoms with E-state index in [-0.39, 0.29) is 5.91 Å². The van der Waals surface area contributed by atoms with E-state index in [9.17, 15) is 4.79 Å². The van der Waals surface area contributed by atoms with Crippen LogP contribution in [0.1, 0.15) is 17.4 Å². The van der Waals surface area contributed by atoms with Crippen LogP contribution in [0.3, 0.4) is 0 Å². The average molecular weight is 284 g/mol. The van der Waals surface area contributed by atoms with Crippen molar-refractivity contribution in [2.45, 2.75) is 20.2 Å². The third-order valence-corrected chi connectivity index (χ3v) is 2.74. The van der Waals surface area contributed by atoms with Crippen LogP contribution in [0, 0.1) is 0 Å². The number of carbonyl (C=O) groups is 1. The molecule has 2 heterocycles. The largest absolute Gasteiger partial charge is 0.362 e. The Labute approximate surface area is 115 Å². The van der Waals surface area contributed by atoms with Crippen LogP contribution in [-0.4, -0.2) is 32.6 Å². The fourth-order valence-electron chi connectivity index (χ4n) is 1.65. The number of hydrogen-bond acceptors (Lipinski definition) is 4. The molecule has 1 amide bonds. The van der Waals surface area contributed by atoms with E-state index < -0.39 is 0 Å². The van der Waals surface area contributed by atoms with Gasteiger partial charge in [-0.1, -0.05) is 11.6 Å². The maximum absolute atomic E-state index is 12.1. The second-order valence-electron chi connectivity index (χ2n) is 3.80. The molecule has 19 heavy (non-hydrogen) atoms. The van der Waals surface area contributed by atoms with Gasteiger partial charge in [0.1, 0.15) is 12.4 Å². The van der Waals surface area contributed by atoms with Crippen LogP contribution in [0.5, 0.6) is 0 Å². The lowest BCUT2D eigenvalue weighted by molar-refractivity contribution is 0.101. The van der Waals surface area contributed by atoms with Crippen molar-refractivity contribution in [2.75, 3.05) is 12.4 Å². The topological polar surface area (TPSA) is 74.0 Å². The van der Waals surface area contributed by atoms with E-state index in [2.05, 4.69) is 15.5 Å². The zero-order chi connectivity index (χ0) is 13.8. The van der Waals surface area contributed by atoms with Crippen LogP contribution in [0.2, 0.25) is 5.02 Å². The zero-order valence-electron chi connectivity index (χ0n) is 10.6. The Morgan fingerprint density at radius 1 is 1.47 bits per heavy atom. The van der Waals surface area contributed by atoms with E-state index in [1.54, 1.807) is 18.0 Å². The molecule has 1 N–H and O–H groups in total. The van der Waals surface area contributed by atoms with E-state index >= 15 is 0 Å². The number of hydrogen-bond donors (Lipinski definition) is 1. The maximum Gasteiger partial charge on any atom is 0.275 e. The summed E-state index contributed by atoms with van der Waals surface area (Å²) in [6.07, 6.45) is 4.66. The van der Waals surface area contributed by atoms with E-state index in [0.717, 1.165) is 0 Å². The molecule has 0 bridgehead atoms. The maximum atomic E-state index is 12.1. The normalized spacial score (nSPS) is 10.7. The summed E-state index contributed by atoms with van der Waals surface area (Å²) < 4.78 is 8.03. The van der Waals surface area contributed by atoms with Crippen LogP contribution in [0.15, 0.2) is 18.6 Å². The van der Waals surface area contributed by atoms with Gasteiger partial charge in [0.2, 0.25) is 0 Å². The molecule has 2 aromatic heterocycles. The summed E-state index contributed by atoms with van der Waals surface area (Å²) in [4.78, 5) is 12.1. The molecule has 2 rings (SSSR count). The van der Waals surface area contributed by atoms with Crippen molar-refractivity contribution in [3.05, 3.63) is 29.3 Å². The third-order valence-electron chi connectivity index (χ3n) is 2.46. The fourth-order valence-corrected chi connectivity index (χ4v) is 1.88. The summed E-state index contributed by atoms with van der Waals surface area (Å²) in [5.74, 6) is -0.318. The number of nitrogens with zero attached hydrogens (tertiary/aromatic N) is 4. The van der Waals surface area contributed by atoms with Gasteiger partial charge in [0, 0.05) is 13.7 Å². The lowest BCUT2D eigenvalue weighted by Crippen LogP contribution is -2.17. The van der Waals surface area contributed by atoms with Crippen molar-refractivity contribution in [3.8, 4) is 0 Å². The Morgan fingerprint density at radius 2 is 2.26 bits per heavy atom. The summed E-state index contributed by atoms with van der Waals surface area (Å²) in [7, 11) is 1.57. The molecule has 0 aliphatic carbocycles. The SMILES string of the molecule is CCn1ncc(Cl)c1C(=O)Nc1cnn(COC)c1. The predicted octanol–water partition coefficient (Wildman–Crippen LogP) is 1.61. The predicted molar refractivity (Wildman–Crippen MR) is 70.1 cm³/mol. The summed E-state index contributed by atoms with van der Waals surface area (Å²) >= 11 is 5.95.